The lowest BCUT2D eigenvalue weighted by molar-refractivity contribution is -0.155. The first kappa shape index (κ1) is 13.7. The Morgan fingerprint density at radius 2 is 1.95 bits per heavy atom. The third-order valence-corrected chi connectivity index (χ3v) is 3.09. The Kier molecular flexibility index (Phi) is 5.03. The average Bonchev–Trinajstić information content (AvgIpc) is 2.47. The summed E-state index contributed by atoms with van der Waals surface area (Å²) in [6.45, 7) is 1.89. The van der Waals surface area contributed by atoms with E-state index >= 15 is 0 Å². The summed E-state index contributed by atoms with van der Waals surface area (Å²) in [5, 5.41) is 0. The summed E-state index contributed by atoms with van der Waals surface area (Å²) in [6.07, 6.45) is 2.79. The number of piperidine rings is 1. The summed E-state index contributed by atoms with van der Waals surface area (Å²) in [7, 11) is 1.61. The summed E-state index contributed by atoms with van der Waals surface area (Å²) in [4.78, 5) is 23.5. The molecular formula is C14H19NO4. The minimum atomic E-state index is -0.424. The average molecular weight is 265 g/mol. The fraction of sp³-hybridized carbons (Fsp3) is 0.500. The van der Waals surface area contributed by atoms with Crippen LogP contribution in [0, 0.1) is 0 Å². The molecule has 0 saturated carbocycles. The Labute approximate surface area is 113 Å². The van der Waals surface area contributed by atoms with Gasteiger partial charge in [0, 0.05) is 25.8 Å². The van der Waals surface area contributed by atoms with Crippen molar-refractivity contribution in [3.05, 3.63) is 29.8 Å². The fourth-order valence-electron chi connectivity index (χ4n) is 2.07. The van der Waals surface area contributed by atoms with Gasteiger partial charge in [-0.3, -0.25) is 4.89 Å². The second kappa shape index (κ2) is 6.99. The minimum Gasteiger partial charge on any atom is -0.380 e. The highest BCUT2D eigenvalue weighted by atomic mass is 17.2. The number of methoxy groups -OCH3 is 1. The monoisotopic (exact) mass is 265 g/mol. The summed E-state index contributed by atoms with van der Waals surface area (Å²) in [5.74, 6) is 0.509. The Hall–Kier alpha value is -1.75. The molecule has 0 radical (unpaired) electrons. The molecule has 104 valence electrons. The van der Waals surface area contributed by atoms with Crippen molar-refractivity contribution in [1.29, 1.82) is 0 Å². The number of para-hydroxylation sites is 1. The van der Waals surface area contributed by atoms with Gasteiger partial charge in [-0.25, -0.2) is 9.68 Å². The van der Waals surface area contributed by atoms with Crippen molar-refractivity contribution >= 4 is 6.09 Å². The molecule has 1 aliphatic rings. The minimum absolute atomic E-state index is 0.414. The highest BCUT2D eigenvalue weighted by Crippen LogP contribution is 2.19. The molecule has 1 saturated heterocycles. The van der Waals surface area contributed by atoms with Gasteiger partial charge in [0.1, 0.15) is 0 Å². The highest BCUT2D eigenvalue weighted by Gasteiger charge is 2.19. The van der Waals surface area contributed by atoms with E-state index in [0.29, 0.717) is 12.4 Å². The molecule has 0 aromatic heterocycles. The number of benzene rings is 1. The van der Waals surface area contributed by atoms with Crippen LogP contribution in [0.5, 0.6) is 5.75 Å². The molecule has 2 rings (SSSR count). The molecule has 5 heteroatoms. The van der Waals surface area contributed by atoms with Gasteiger partial charge in [0.15, 0.2) is 5.75 Å². The predicted octanol–water partition coefficient (Wildman–Crippen LogP) is 2.75. The maximum atomic E-state index is 11.8. The number of nitrogens with zero attached hydrogens (tertiary/aromatic N) is 1. The molecule has 1 amide bonds. The lowest BCUT2D eigenvalue weighted by Gasteiger charge is -2.24. The van der Waals surface area contributed by atoms with E-state index in [4.69, 9.17) is 14.5 Å². The summed E-state index contributed by atoms with van der Waals surface area (Å²) in [5.41, 5.74) is 0.844. The zero-order valence-corrected chi connectivity index (χ0v) is 11.1. The second-order valence-corrected chi connectivity index (χ2v) is 4.52. The zero-order chi connectivity index (χ0) is 13.5. The number of amides is 1. The number of hydrogen-bond acceptors (Lipinski definition) is 4. The van der Waals surface area contributed by atoms with Crippen LogP contribution >= 0.6 is 0 Å². The van der Waals surface area contributed by atoms with E-state index < -0.39 is 6.09 Å². The SMILES string of the molecule is COCc1ccccc1OOC(=O)N1CCCCC1. The normalized spacial score (nSPS) is 15.1. The van der Waals surface area contributed by atoms with Gasteiger partial charge in [0.2, 0.25) is 0 Å². The van der Waals surface area contributed by atoms with Crippen molar-refractivity contribution in [2.45, 2.75) is 25.9 Å². The third kappa shape index (κ3) is 3.86. The van der Waals surface area contributed by atoms with Crippen LogP contribution in [0.2, 0.25) is 0 Å². The number of carbonyl (C=O) groups excluding carboxylic acids is 1. The van der Waals surface area contributed by atoms with Gasteiger partial charge in [0.25, 0.3) is 0 Å². The molecule has 1 fully saturated rings. The van der Waals surface area contributed by atoms with Crippen molar-refractivity contribution in [1.82, 2.24) is 4.90 Å². The van der Waals surface area contributed by atoms with Crippen molar-refractivity contribution < 1.29 is 19.3 Å². The van der Waals surface area contributed by atoms with Gasteiger partial charge in [0.05, 0.1) is 6.61 Å². The number of carbonyl (C=O) groups is 1. The second-order valence-electron chi connectivity index (χ2n) is 4.52. The van der Waals surface area contributed by atoms with Crippen molar-refractivity contribution in [2.75, 3.05) is 20.2 Å². The van der Waals surface area contributed by atoms with Crippen molar-refractivity contribution in [3.63, 3.8) is 0 Å². The summed E-state index contributed by atoms with van der Waals surface area (Å²) < 4.78 is 5.06. The van der Waals surface area contributed by atoms with Gasteiger partial charge in [-0.1, -0.05) is 18.2 Å². The van der Waals surface area contributed by atoms with Gasteiger partial charge in [-0.15, -0.1) is 0 Å². The molecular weight excluding hydrogens is 246 g/mol. The molecule has 0 atom stereocenters. The lowest BCUT2D eigenvalue weighted by Crippen LogP contribution is -2.36. The van der Waals surface area contributed by atoms with Crippen LogP contribution in [0.25, 0.3) is 0 Å². The predicted molar refractivity (Wildman–Crippen MR) is 69.7 cm³/mol. The van der Waals surface area contributed by atoms with Gasteiger partial charge >= 0.3 is 6.09 Å². The fourth-order valence-corrected chi connectivity index (χ4v) is 2.07. The molecule has 0 spiro atoms. The van der Waals surface area contributed by atoms with Crippen LogP contribution in [0.15, 0.2) is 24.3 Å². The number of ether oxygens (including phenoxy) is 1. The third-order valence-electron chi connectivity index (χ3n) is 3.09. The Bertz CT molecular complexity index is 416. The van der Waals surface area contributed by atoms with Crippen molar-refractivity contribution in [2.24, 2.45) is 0 Å². The quantitative estimate of drug-likeness (QED) is 0.620. The maximum Gasteiger partial charge on any atom is 0.452 e. The molecule has 0 unspecified atom stereocenters. The Balaban J connectivity index is 1.89. The van der Waals surface area contributed by atoms with E-state index in [-0.39, 0.29) is 0 Å². The number of likely N-dealkylation sites (tertiary alicyclic amines) is 1. The first-order chi connectivity index (χ1) is 9.31. The van der Waals surface area contributed by atoms with E-state index in [1.54, 1.807) is 18.1 Å². The van der Waals surface area contributed by atoms with Crippen LogP contribution in [0.4, 0.5) is 4.79 Å². The maximum absolute atomic E-state index is 11.8. The molecule has 0 bridgehead atoms. The standard InChI is InChI=1S/C14H19NO4/c1-17-11-12-7-3-4-8-13(12)18-19-14(16)15-9-5-2-6-10-15/h3-4,7-8H,2,5-6,9-11H2,1H3. The molecule has 1 aromatic carbocycles. The molecule has 1 heterocycles. The summed E-state index contributed by atoms with van der Waals surface area (Å²) >= 11 is 0. The molecule has 0 aliphatic carbocycles. The Morgan fingerprint density at radius 3 is 2.68 bits per heavy atom. The highest BCUT2D eigenvalue weighted by molar-refractivity contribution is 5.67. The zero-order valence-electron chi connectivity index (χ0n) is 11.1. The molecule has 5 nitrogen and oxygen atoms in total. The first-order valence-electron chi connectivity index (χ1n) is 6.51. The van der Waals surface area contributed by atoms with E-state index in [9.17, 15) is 4.79 Å². The Morgan fingerprint density at radius 1 is 1.21 bits per heavy atom. The van der Waals surface area contributed by atoms with Gasteiger partial charge < -0.3 is 9.64 Å². The van der Waals surface area contributed by atoms with Crippen LogP contribution in [-0.2, 0) is 16.2 Å². The largest absolute Gasteiger partial charge is 0.452 e. The van der Waals surface area contributed by atoms with Crippen LogP contribution in [-0.4, -0.2) is 31.2 Å². The first-order valence-corrected chi connectivity index (χ1v) is 6.51. The van der Waals surface area contributed by atoms with Crippen molar-refractivity contribution in [3.8, 4) is 5.75 Å². The van der Waals surface area contributed by atoms with E-state index in [0.717, 1.165) is 31.5 Å². The smallest absolute Gasteiger partial charge is 0.380 e. The van der Waals surface area contributed by atoms with Gasteiger partial charge in [-0.05, 0) is 25.3 Å². The molecule has 1 aromatic rings. The van der Waals surface area contributed by atoms with Gasteiger partial charge in [-0.2, -0.15) is 0 Å². The van der Waals surface area contributed by atoms with E-state index in [1.807, 2.05) is 18.2 Å². The van der Waals surface area contributed by atoms with Crippen LogP contribution in [0.1, 0.15) is 24.8 Å². The number of hydrogen-bond donors (Lipinski definition) is 0. The topological polar surface area (TPSA) is 48.0 Å². The summed E-state index contributed by atoms with van der Waals surface area (Å²) in [6, 6.07) is 7.32. The van der Waals surface area contributed by atoms with E-state index in [2.05, 4.69) is 0 Å². The lowest BCUT2D eigenvalue weighted by atomic mass is 10.1. The molecule has 19 heavy (non-hydrogen) atoms. The molecule has 0 N–H and O–H groups in total. The number of rotatable bonds is 4. The van der Waals surface area contributed by atoms with Crippen LogP contribution < -0.4 is 4.89 Å². The van der Waals surface area contributed by atoms with Crippen LogP contribution in [0.3, 0.4) is 0 Å². The van der Waals surface area contributed by atoms with E-state index in [1.165, 1.54) is 6.42 Å². The molecule has 1 aliphatic heterocycles.